The van der Waals surface area contributed by atoms with Crippen molar-refractivity contribution in [2.24, 2.45) is 0 Å². The van der Waals surface area contributed by atoms with Gasteiger partial charge in [0.15, 0.2) is 0 Å². The lowest BCUT2D eigenvalue weighted by molar-refractivity contribution is 0.208. The van der Waals surface area contributed by atoms with Crippen LogP contribution in [0.4, 0.5) is 37.9 Å². The summed E-state index contributed by atoms with van der Waals surface area (Å²) in [5, 5.41) is 3.41. The van der Waals surface area contributed by atoms with Crippen LogP contribution in [0, 0.1) is 19.7 Å². The Labute approximate surface area is 244 Å². The van der Waals surface area contributed by atoms with Crippen LogP contribution >= 0.6 is 11.6 Å². The van der Waals surface area contributed by atoms with Crippen LogP contribution in [0.25, 0.3) is 0 Å². The first-order valence-corrected chi connectivity index (χ1v) is 13.8. The molecule has 0 spiro atoms. The Kier molecular flexibility index (Phi) is 8.37. The van der Waals surface area contributed by atoms with E-state index < -0.39 is 6.09 Å². The number of aromatic nitrogens is 2. The quantitative estimate of drug-likeness (QED) is 0.263. The predicted molar refractivity (Wildman–Crippen MR) is 162 cm³/mol. The average molecular weight is 575 g/mol. The highest BCUT2D eigenvalue weighted by Crippen LogP contribution is 2.36. The minimum absolute atomic E-state index is 0.0271. The van der Waals surface area contributed by atoms with Gasteiger partial charge in [-0.15, -0.1) is 0 Å². The van der Waals surface area contributed by atoms with Crippen LogP contribution in [-0.4, -0.2) is 53.7 Å². The number of hydrogen-bond acceptors (Lipinski definition) is 7. The molecule has 0 saturated carbocycles. The normalized spacial score (nSPS) is 15.5. The molecule has 1 N–H and O–H groups in total. The van der Waals surface area contributed by atoms with E-state index in [1.807, 2.05) is 32.0 Å². The molecule has 212 valence electrons. The molecule has 1 aliphatic heterocycles. The number of nitrogens with zero attached hydrogens (tertiary/aromatic N) is 5. The maximum absolute atomic E-state index is 15.1. The SMILES string of the molecule is Cc1cccc(C)c1N(C(=O)Oc1ccnc(Nc2ccc(N3CCN(C)C(C)C3)c(F)c2)n1)c1ccccc1Cl. The number of carbonyl (C=O) groups is 1. The molecule has 1 saturated heterocycles. The van der Waals surface area contributed by atoms with Crippen molar-refractivity contribution in [1.29, 1.82) is 0 Å². The molecule has 4 aromatic rings. The summed E-state index contributed by atoms with van der Waals surface area (Å²) < 4.78 is 20.8. The predicted octanol–water partition coefficient (Wildman–Crippen LogP) is 7.11. The van der Waals surface area contributed by atoms with E-state index in [9.17, 15) is 4.79 Å². The molecular weight excluding hydrogens is 543 g/mol. The molecule has 1 unspecified atom stereocenters. The molecular formula is C31H32ClFN6O2. The molecule has 10 heteroatoms. The van der Waals surface area contributed by atoms with Gasteiger partial charge in [0.25, 0.3) is 0 Å². The minimum atomic E-state index is -0.683. The van der Waals surface area contributed by atoms with Crippen molar-refractivity contribution in [3.05, 3.63) is 94.9 Å². The molecule has 8 nitrogen and oxygen atoms in total. The number of ether oxygens (including phenoxy) is 1. The Bertz CT molecular complexity index is 1550. The second kappa shape index (κ2) is 12.1. The fourth-order valence-corrected chi connectivity index (χ4v) is 5.15. The van der Waals surface area contributed by atoms with E-state index in [2.05, 4.69) is 39.1 Å². The second-order valence-corrected chi connectivity index (χ2v) is 10.6. The van der Waals surface area contributed by atoms with Gasteiger partial charge in [0, 0.05) is 43.6 Å². The van der Waals surface area contributed by atoms with Crippen LogP contribution in [0.5, 0.6) is 5.88 Å². The first-order chi connectivity index (χ1) is 19.7. The second-order valence-electron chi connectivity index (χ2n) is 10.2. The van der Waals surface area contributed by atoms with Gasteiger partial charge in [-0.2, -0.15) is 4.98 Å². The van der Waals surface area contributed by atoms with E-state index in [4.69, 9.17) is 16.3 Å². The largest absolute Gasteiger partial charge is 0.425 e. The number of piperazine rings is 1. The number of hydrogen-bond donors (Lipinski definition) is 1. The van der Waals surface area contributed by atoms with E-state index in [0.717, 1.165) is 30.8 Å². The first-order valence-electron chi connectivity index (χ1n) is 13.4. The van der Waals surface area contributed by atoms with Crippen LogP contribution in [0.3, 0.4) is 0 Å². The van der Waals surface area contributed by atoms with E-state index in [0.29, 0.717) is 33.8 Å². The number of aryl methyl sites for hydroxylation is 2. The van der Waals surface area contributed by atoms with Crippen molar-refractivity contribution < 1.29 is 13.9 Å². The maximum atomic E-state index is 15.1. The number of carbonyl (C=O) groups excluding carboxylic acids is 1. The molecule has 41 heavy (non-hydrogen) atoms. The van der Waals surface area contributed by atoms with Gasteiger partial charge in [-0.25, -0.2) is 19.1 Å². The number of halogens is 2. The summed E-state index contributed by atoms with van der Waals surface area (Å²) in [5.74, 6) is -0.148. The monoisotopic (exact) mass is 574 g/mol. The van der Waals surface area contributed by atoms with Crippen molar-refractivity contribution in [2.75, 3.05) is 41.8 Å². The van der Waals surface area contributed by atoms with Crippen molar-refractivity contribution in [1.82, 2.24) is 14.9 Å². The number of anilines is 5. The summed E-state index contributed by atoms with van der Waals surface area (Å²) >= 11 is 6.50. The van der Waals surface area contributed by atoms with Crippen molar-refractivity contribution in [3.8, 4) is 5.88 Å². The van der Waals surface area contributed by atoms with E-state index >= 15 is 4.39 Å². The van der Waals surface area contributed by atoms with Crippen LogP contribution in [0.2, 0.25) is 5.02 Å². The highest BCUT2D eigenvalue weighted by molar-refractivity contribution is 6.34. The molecule has 1 aliphatic rings. The molecule has 2 heterocycles. The van der Waals surface area contributed by atoms with Gasteiger partial charge in [0.05, 0.1) is 22.1 Å². The maximum Gasteiger partial charge on any atom is 0.425 e. The molecule has 0 radical (unpaired) electrons. The smallest absolute Gasteiger partial charge is 0.390 e. The van der Waals surface area contributed by atoms with E-state index in [1.54, 1.807) is 36.4 Å². The lowest BCUT2D eigenvalue weighted by Gasteiger charge is -2.39. The summed E-state index contributed by atoms with van der Waals surface area (Å²) in [6.07, 6.45) is 0.782. The number of amides is 1. The molecule has 3 aromatic carbocycles. The van der Waals surface area contributed by atoms with Crippen molar-refractivity contribution in [2.45, 2.75) is 26.8 Å². The summed E-state index contributed by atoms with van der Waals surface area (Å²) in [6.45, 7) is 8.35. The van der Waals surface area contributed by atoms with Gasteiger partial charge in [0.2, 0.25) is 11.8 Å². The van der Waals surface area contributed by atoms with Gasteiger partial charge in [-0.1, -0.05) is 41.9 Å². The summed E-state index contributed by atoms with van der Waals surface area (Å²) in [5.41, 5.74) is 3.94. The fourth-order valence-electron chi connectivity index (χ4n) is 4.93. The minimum Gasteiger partial charge on any atom is -0.390 e. The third-order valence-electron chi connectivity index (χ3n) is 7.27. The van der Waals surface area contributed by atoms with Crippen LogP contribution in [0.1, 0.15) is 18.1 Å². The van der Waals surface area contributed by atoms with E-state index in [-0.39, 0.29) is 17.6 Å². The molecule has 0 aliphatic carbocycles. The molecule has 0 bridgehead atoms. The number of para-hydroxylation sites is 2. The number of rotatable bonds is 6. The Morgan fingerprint density at radius 3 is 2.54 bits per heavy atom. The summed E-state index contributed by atoms with van der Waals surface area (Å²) in [7, 11) is 2.08. The Hall–Kier alpha value is -4.21. The van der Waals surface area contributed by atoms with E-state index in [1.165, 1.54) is 23.2 Å². The molecule has 1 fully saturated rings. The molecule has 1 aromatic heterocycles. The first kappa shape index (κ1) is 28.3. The highest BCUT2D eigenvalue weighted by atomic mass is 35.5. The third kappa shape index (κ3) is 6.26. The van der Waals surface area contributed by atoms with Gasteiger partial charge >= 0.3 is 6.09 Å². The number of nitrogens with one attached hydrogen (secondary N) is 1. The number of benzene rings is 3. The standard InChI is InChI=1S/C31H32ClFN6O2/c1-20-8-7-9-21(2)29(20)39(26-11-6-5-10-24(26)32)31(40)41-28-14-15-34-30(36-28)35-23-12-13-27(25(33)18-23)38-17-16-37(4)22(3)19-38/h5-15,18,22H,16-17,19H2,1-4H3,(H,34,35,36). The molecule has 1 amide bonds. The van der Waals surface area contributed by atoms with Gasteiger partial charge in [-0.05, 0) is 69.3 Å². The Balaban J connectivity index is 1.36. The Morgan fingerprint density at radius 2 is 1.83 bits per heavy atom. The van der Waals surface area contributed by atoms with Gasteiger partial charge < -0.3 is 19.9 Å². The topological polar surface area (TPSA) is 73.8 Å². The van der Waals surface area contributed by atoms with Crippen LogP contribution in [-0.2, 0) is 0 Å². The summed E-state index contributed by atoms with van der Waals surface area (Å²) in [4.78, 5) is 27.9. The van der Waals surface area contributed by atoms with Crippen LogP contribution in [0.15, 0.2) is 72.9 Å². The summed E-state index contributed by atoms with van der Waals surface area (Å²) in [6, 6.07) is 19.6. The van der Waals surface area contributed by atoms with Crippen molar-refractivity contribution >= 4 is 46.4 Å². The number of likely N-dealkylation sites (N-methyl/N-ethyl adjacent to an activating group) is 1. The lowest BCUT2D eigenvalue weighted by Crippen LogP contribution is -2.50. The van der Waals surface area contributed by atoms with Crippen molar-refractivity contribution in [3.63, 3.8) is 0 Å². The van der Waals surface area contributed by atoms with Gasteiger partial charge in [-0.3, -0.25) is 0 Å². The van der Waals surface area contributed by atoms with Gasteiger partial charge in [0.1, 0.15) is 5.82 Å². The fraction of sp³-hybridized carbons (Fsp3) is 0.258. The highest BCUT2D eigenvalue weighted by Gasteiger charge is 2.26. The average Bonchev–Trinajstić information content (AvgIpc) is 2.93. The molecule has 1 atom stereocenters. The molecule has 5 rings (SSSR count). The third-order valence-corrected chi connectivity index (χ3v) is 7.58. The Morgan fingerprint density at radius 1 is 1.07 bits per heavy atom. The zero-order chi connectivity index (χ0) is 29.1. The zero-order valence-corrected chi connectivity index (χ0v) is 24.2. The zero-order valence-electron chi connectivity index (χ0n) is 23.4. The van der Waals surface area contributed by atoms with Crippen LogP contribution < -0.4 is 19.9 Å². The lowest BCUT2D eigenvalue weighted by atomic mass is 10.1.